The van der Waals surface area contributed by atoms with E-state index < -0.39 is 4.92 Å². The van der Waals surface area contributed by atoms with Gasteiger partial charge in [0, 0.05) is 17.8 Å². The highest BCUT2D eigenvalue weighted by Crippen LogP contribution is 2.16. The molecular weight excluding hydrogens is 340 g/mol. The van der Waals surface area contributed by atoms with Gasteiger partial charge in [0.25, 0.3) is 17.5 Å². The van der Waals surface area contributed by atoms with Crippen LogP contribution in [0.4, 0.5) is 11.4 Å². The topological polar surface area (TPSA) is 110 Å². The van der Waals surface area contributed by atoms with Crippen molar-refractivity contribution in [2.45, 2.75) is 0 Å². The summed E-state index contributed by atoms with van der Waals surface area (Å²) in [5.74, 6) is -0.0433. The molecule has 1 aliphatic rings. The van der Waals surface area contributed by atoms with Crippen LogP contribution in [-0.4, -0.2) is 54.4 Å². The molecule has 0 aliphatic carbocycles. The molecule has 2 heterocycles. The highest BCUT2D eigenvalue weighted by atomic mass is 16.6. The van der Waals surface area contributed by atoms with Crippen LogP contribution in [0, 0.1) is 10.1 Å². The zero-order chi connectivity index (χ0) is 18.5. The van der Waals surface area contributed by atoms with Crippen molar-refractivity contribution in [3.8, 4) is 0 Å². The minimum absolute atomic E-state index is 0.0693. The third kappa shape index (κ3) is 4.25. The predicted octanol–water partition coefficient (Wildman–Crippen LogP) is 0.167. The van der Waals surface area contributed by atoms with Crippen LogP contribution in [0.2, 0.25) is 0 Å². The van der Waals surface area contributed by atoms with Gasteiger partial charge in [-0.3, -0.25) is 19.7 Å². The molecule has 26 heavy (non-hydrogen) atoms. The number of benzene rings is 1. The van der Waals surface area contributed by atoms with Crippen molar-refractivity contribution in [2.75, 3.05) is 38.0 Å². The van der Waals surface area contributed by atoms with E-state index in [1.807, 2.05) is 0 Å². The molecule has 9 heteroatoms. The first-order chi connectivity index (χ1) is 12.5. The molecule has 2 amide bonds. The second-order valence-electron chi connectivity index (χ2n) is 6.05. The quantitative estimate of drug-likeness (QED) is 0.584. The van der Waals surface area contributed by atoms with Crippen LogP contribution in [0.1, 0.15) is 10.6 Å². The van der Waals surface area contributed by atoms with Crippen molar-refractivity contribution in [1.29, 1.82) is 0 Å². The summed E-state index contributed by atoms with van der Waals surface area (Å²) >= 11 is 0. The number of carbonyl (C=O) groups is 2. The molecule has 2 N–H and O–H groups in total. The molecule has 1 saturated heterocycles. The highest BCUT2D eigenvalue weighted by molar-refractivity contribution is 5.92. The predicted molar refractivity (Wildman–Crippen MR) is 91.9 cm³/mol. The molecular formula is C17H19N4O5+. The summed E-state index contributed by atoms with van der Waals surface area (Å²) < 4.78 is 5.12. The van der Waals surface area contributed by atoms with E-state index >= 15 is 0 Å². The van der Waals surface area contributed by atoms with Gasteiger partial charge in [0.05, 0.1) is 37.4 Å². The smallest absolute Gasteiger partial charge is 0.289 e. The van der Waals surface area contributed by atoms with Crippen molar-refractivity contribution in [2.24, 2.45) is 0 Å². The van der Waals surface area contributed by atoms with Gasteiger partial charge in [0.1, 0.15) is 0 Å². The van der Waals surface area contributed by atoms with E-state index in [9.17, 15) is 19.7 Å². The fraction of sp³-hybridized carbons (Fsp3) is 0.294. The molecule has 1 aromatic carbocycles. The van der Waals surface area contributed by atoms with Crippen molar-refractivity contribution < 1.29 is 23.8 Å². The van der Waals surface area contributed by atoms with Gasteiger partial charge in [0.15, 0.2) is 12.3 Å². The highest BCUT2D eigenvalue weighted by Gasteiger charge is 2.27. The molecule has 0 bridgehead atoms. The molecule has 9 nitrogen and oxygen atoms in total. The first-order valence-corrected chi connectivity index (χ1v) is 8.23. The minimum Gasteiger partial charge on any atom is -0.459 e. The first kappa shape index (κ1) is 17.6. The van der Waals surface area contributed by atoms with Gasteiger partial charge in [-0.15, -0.1) is 0 Å². The van der Waals surface area contributed by atoms with E-state index in [0.29, 0.717) is 37.6 Å². The van der Waals surface area contributed by atoms with E-state index in [4.69, 9.17) is 4.42 Å². The summed E-state index contributed by atoms with van der Waals surface area (Å²) in [5.41, 5.74) is 0.329. The van der Waals surface area contributed by atoms with Crippen LogP contribution >= 0.6 is 0 Å². The number of hydrogen-bond donors (Lipinski definition) is 2. The third-order valence-electron chi connectivity index (χ3n) is 4.24. The van der Waals surface area contributed by atoms with Crippen molar-refractivity contribution in [1.82, 2.24) is 4.90 Å². The number of rotatable bonds is 5. The maximum Gasteiger partial charge on any atom is 0.289 e. The largest absolute Gasteiger partial charge is 0.459 e. The third-order valence-corrected chi connectivity index (χ3v) is 4.24. The van der Waals surface area contributed by atoms with Crippen LogP contribution in [0.5, 0.6) is 0 Å². The Bertz CT molecular complexity index is 797. The number of non-ortho nitro benzene ring substituents is 1. The molecule has 0 saturated carbocycles. The van der Waals surface area contributed by atoms with Crippen molar-refractivity contribution in [3.63, 3.8) is 0 Å². The van der Waals surface area contributed by atoms with Crippen LogP contribution in [-0.2, 0) is 4.79 Å². The molecule has 0 spiro atoms. The summed E-state index contributed by atoms with van der Waals surface area (Å²) in [4.78, 5) is 37.4. The number of nitro groups is 1. The summed E-state index contributed by atoms with van der Waals surface area (Å²) in [7, 11) is 0. The van der Waals surface area contributed by atoms with Gasteiger partial charge in [-0.1, -0.05) is 6.07 Å². The number of carbonyl (C=O) groups excluding carboxylic acids is 2. The fourth-order valence-electron chi connectivity index (χ4n) is 2.89. The van der Waals surface area contributed by atoms with Gasteiger partial charge in [-0.2, -0.15) is 0 Å². The molecule has 1 fully saturated rings. The summed E-state index contributed by atoms with van der Waals surface area (Å²) in [5, 5.41) is 13.5. The number of hydrogen-bond acceptors (Lipinski definition) is 5. The van der Waals surface area contributed by atoms with Crippen LogP contribution in [0.3, 0.4) is 0 Å². The molecule has 1 aromatic heterocycles. The molecule has 0 atom stereocenters. The number of quaternary nitrogens is 1. The number of anilines is 1. The molecule has 136 valence electrons. The Morgan fingerprint density at radius 1 is 1.23 bits per heavy atom. The lowest BCUT2D eigenvalue weighted by Crippen LogP contribution is -3.15. The normalized spacial score (nSPS) is 14.8. The Balaban J connectivity index is 1.48. The Morgan fingerprint density at radius 3 is 2.65 bits per heavy atom. The van der Waals surface area contributed by atoms with Crippen molar-refractivity contribution in [3.05, 3.63) is 58.5 Å². The summed E-state index contributed by atoms with van der Waals surface area (Å²) in [6.07, 6.45) is 1.47. The average molecular weight is 359 g/mol. The Hall–Kier alpha value is -3.20. The Labute approximate surface area is 149 Å². The zero-order valence-electron chi connectivity index (χ0n) is 14.0. The van der Waals surface area contributed by atoms with Gasteiger partial charge < -0.3 is 19.5 Å². The second kappa shape index (κ2) is 7.79. The van der Waals surface area contributed by atoms with Gasteiger partial charge in [-0.05, 0) is 18.2 Å². The van der Waals surface area contributed by atoms with Gasteiger partial charge in [-0.25, -0.2) is 0 Å². The van der Waals surface area contributed by atoms with Gasteiger partial charge in [0.2, 0.25) is 0 Å². The lowest BCUT2D eigenvalue weighted by atomic mass is 10.2. The number of nitro benzene ring substituents is 1. The van der Waals surface area contributed by atoms with E-state index in [1.165, 1.54) is 24.5 Å². The molecule has 1 aliphatic heterocycles. The Kier molecular flexibility index (Phi) is 5.28. The van der Waals surface area contributed by atoms with Crippen LogP contribution < -0.4 is 10.2 Å². The van der Waals surface area contributed by atoms with Gasteiger partial charge >= 0.3 is 0 Å². The average Bonchev–Trinajstić information content (AvgIpc) is 3.16. The van der Waals surface area contributed by atoms with E-state index in [2.05, 4.69) is 5.32 Å². The molecule has 3 rings (SSSR count). The number of piperazine rings is 1. The SMILES string of the molecule is O=C(C[NH+]1CCN(C(=O)c2ccco2)CC1)Nc1cccc([N+](=O)[O-])c1. The van der Waals surface area contributed by atoms with E-state index in [0.717, 1.165) is 4.90 Å². The maximum absolute atomic E-state index is 12.2. The molecule has 2 aromatic rings. The van der Waals surface area contributed by atoms with E-state index in [-0.39, 0.29) is 24.0 Å². The summed E-state index contributed by atoms with van der Waals surface area (Å²) in [6, 6.07) is 9.14. The first-order valence-electron chi connectivity index (χ1n) is 8.23. The molecule has 0 radical (unpaired) electrons. The van der Waals surface area contributed by atoms with Crippen molar-refractivity contribution >= 4 is 23.2 Å². The van der Waals surface area contributed by atoms with Crippen LogP contribution in [0.15, 0.2) is 47.1 Å². The number of furan rings is 1. The monoisotopic (exact) mass is 359 g/mol. The lowest BCUT2D eigenvalue weighted by molar-refractivity contribution is -0.895. The summed E-state index contributed by atoms with van der Waals surface area (Å²) in [6.45, 7) is 2.62. The fourth-order valence-corrected chi connectivity index (χ4v) is 2.89. The van der Waals surface area contributed by atoms with E-state index in [1.54, 1.807) is 23.1 Å². The van der Waals surface area contributed by atoms with Crippen LogP contribution in [0.25, 0.3) is 0 Å². The number of amides is 2. The zero-order valence-corrected chi connectivity index (χ0v) is 14.0. The lowest BCUT2D eigenvalue weighted by Gasteiger charge is -2.31. The minimum atomic E-state index is -0.504. The standard InChI is InChI=1S/C17H18N4O5/c22-16(18-13-3-1-4-14(11-13)21(24)25)12-19-6-8-20(9-7-19)17(23)15-5-2-10-26-15/h1-5,10-11H,6-9,12H2,(H,18,22)/p+1. The number of nitrogens with zero attached hydrogens (tertiary/aromatic N) is 2. The Morgan fingerprint density at radius 2 is 2.00 bits per heavy atom. The maximum atomic E-state index is 12.2. The molecule has 0 unspecified atom stereocenters. The number of nitrogens with one attached hydrogen (secondary N) is 2. The second-order valence-corrected chi connectivity index (χ2v) is 6.05.